The zero-order chi connectivity index (χ0) is 11.3. The summed E-state index contributed by atoms with van der Waals surface area (Å²) in [4.78, 5) is 1.53. The van der Waals surface area contributed by atoms with E-state index in [0.29, 0.717) is 6.54 Å². The van der Waals surface area contributed by atoms with Gasteiger partial charge < -0.3 is 5.32 Å². The molecular formula is C8H14F2N4S. The molecule has 0 unspecified atom stereocenters. The van der Waals surface area contributed by atoms with Crippen LogP contribution in [0.15, 0.2) is 0 Å². The summed E-state index contributed by atoms with van der Waals surface area (Å²) >= 11 is 1.39. The maximum absolute atomic E-state index is 12.0. The largest absolute Gasteiger partial charge is 0.360 e. The second-order valence-corrected chi connectivity index (χ2v) is 4.18. The lowest BCUT2D eigenvalue weighted by Crippen LogP contribution is -2.23. The summed E-state index contributed by atoms with van der Waals surface area (Å²) in [7, 11) is 1.64. The molecule has 0 spiro atoms. The fourth-order valence-electron chi connectivity index (χ4n) is 1.07. The SMILES string of the molecule is CCNc1nnc(CN(C)CC(F)F)s1. The van der Waals surface area contributed by atoms with Gasteiger partial charge in [-0.15, -0.1) is 10.2 Å². The van der Waals surface area contributed by atoms with Crippen molar-refractivity contribution in [1.82, 2.24) is 15.1 Å². The monoisotopic (exact) mass is 236 g/mol. The van der Waals surface area contributed by atoms with Gasteiger partial charge in [-0.1, -0.05) is 11.3 Å². The molecule has 0 fully saturated rings. The standard InChI is InChI=1S/C8H14F2N4S/c1-3-11-8-13-12-7(15-8)5-14(2)4-6(9)10/h6H,3-5H2,1-2H3,(H,11,13). The minimum Gasteiger partial charge on any atom is -0.360 e. The second-order valence-electron chi connectivity index (χ2n) is 3.12. The molecule has 0 saturated heterocycles. The van der Waals surface area contributed by atoms with Crippen LogP contribution < -0.4 is 5.32 Å². The van der Waals surface area contributed by atoms with E-state index in [2.05, 4.69) is 15.5 Å². The van der Waals surface area contributed by atoms with Crippen molar-refractivity contribution in [3.63, 3.8) is 0 Å². The summed E-state index contributed by atoms with van der Waals surface area (Å²) < 4.78 is 24.1. The van der Waals surface area contributed by atoms with Crippen molar-refractivity contribution in [2.75, 3.05) is 25.5 Å². The molecule has 1 rings (SSSR count). The van der Waals surface area contributed by atoms with Gasteiger partial charge in [-0.2, -0.15) is 0 Å². The summed E-state index contributed by atoms with van der Waals surface area (Å²) in [6.07, 6.45) is -2.31. The molecule has 1 aromatic rings. The van der Waals surface area contributed by atoms with Crippen LogP contribution in [-0.4, -0.2) is 41.7 Å². The van der Waals surface area contributed by atoms with Crippen LogP contribution in [0.3, 0.4) is 0 Å². The van der Waals surface area contributed by atoms with Crippen LogP contribution in [0.5, 0.6) is 0 Å². The minimum atomic E-state index is -2.31. The molecule has 0 radical (unpaired) electrons. The Morgan fingerprint density at radius 2 is 2.20 bits per heavy atom. The van der Waals surface area contributed by atoms with E-state index in [9.17, 15) is 8.78 Å². The Balaban J connectivity index is 2.42. The van der Waals surface area contributed by atoms with Crippen molar-refractivity contribution in [2.24, 2.45) is 0 Å². The minimum absolute atomic E-state index is 0.240. The highest BCUT2D eigenvalue weighted by atomic mass is 32.1. The number of anilines is 1. The van der Waals surface area contributed by atoms with Crippen LogP contribution in [0.2, 0.25) is 0 Å². The summed E-state index contributed by atoms with van der Waals surface area (Å²) in [6, 6.07) is 0. The fraction of sp³-hybridized carbons (Fsp3) is 0.750. The van der Waals surface area contributed by atoms with E-state index in [4.69, 9.17) is 0 Å². The number of rotatable bonds is 6. The third kappa shape index (κ3) is 4.48. The van der Waals surface area contributed by atoms with Gasteiger partial charge in [-0.25, -0.2) is 8.78 Å². The van der Waals surface area contributed by atoms with Crippen molar-refractivity contribution in [3.8, 4) is 0 Å². The molecule has 0 aliphatic carbocycles. The van der Waals surface area contributed by atoms with E-state index in [0.717, 1.165) is 16.7 Å². The fourth-order valence-corrected chi connectivity index (χ4v) is 1.96. The molecular weight excluding hydrogens is 222 g/mol. The van der Waals surface area contributed by atoms with Crippen LogP contribution in [0.25, 0.3) is 0 Å². The second kappa shape index (κ2) is 5.92. The highest BCUT2D eigenvalue weighted by Gasteiger charge is 2.10. The first-order valence-electron chi connectivity index (χ1n) is 4.64. The van der Waals surface area contributed by atoms with Crippen LogP contribution in [-0.2, 0) is 6.54 Å². The van der Waals surface area contributed by atoms with E-state index >= 15 is 0 Å². The average Bonchev–Trinajstić information content (AvgIpc) is 2.51. The van der Waals surface area contributed by atoms with Crippen molar-refractivity contribution >= 4 is 16.5 Å². The smallest absolute Gasteiger partial charge is 0.251 e. The molecule has 1 aromatic heterocycles. The molecule has 86 valence electrons. The normalized spacial score (nSPS) is 11.3. The van der Waals surface area contributed by atoms with Crippen molar-refractivity contribution in [2.45, 2.75) is 19.9 Å². The third-order valence-electron chi connectivity index (χ3n) is 1.65. The van der Waals surface area contributed by atoms with Crippen LogP contribution in [0.4, 0.5) is 13.9 Å². The molecule has 0 aromatic carbocycles. The molecule has 0 bridgehead atoms. The lowest BCUT2D eigenvalue weighted by atomic mass is 10.5. The molecule has 0 atom stereocenters. The first-order chi connectivity index (χ1) is 7.11. The summed E-state index contributed by atoms with van der Waals surface area (Å²) in [5, 5.41) is 12.3. The van der Waals surface area contributed by atoms with E-state index < -0.39 is 6.43 Å². The van der Waals surface area contributed by atoms with Crippen LogP contribution in [0, 0.1) is 0 Å². The van der Waals surface area contributed by atoms with Crippen LogP contribution in [0.1, 0.15) is 11.9 Å². The zero-order valence-corrected chi connectivity index (χ0v) is 9.52. The Labute approximate surface area is 91.3 Å². The molecule has 1 heterocycles. The highest BCUT2D eigenvalue weighted by molar-refractivity contribution is 7.15. The third-order valence-corrected chi connectivity index (χ3v) is 2.52. The molecule has 0 aliphatic heterocycles. The lowest BCUT2D eigenvalue weighted by Gasteiger charge is -2.12. The molecule has 0 amide bonds. The Hall–Kier alpha value is -0.820. The number of nitrogens with one attached hydrogen (secondary N) is 1. The van der Waals surface area contributed by atoms with Gasteiger partial charge in [0, 0.05) is 6.54 Å². The Morgan fingerprint density at radius 1 is 1.47 bits per heavy atom. The number of halogens is 2. The topological polar surface area (TPSA) is 41.1 Å². The van der Waals surface area contributed by atoms with Gasteiger partial charge in [0.05, 0.1) is 13.1 Å². The Morgan fingerprint density at radius 3 is 2.80 bits per heavy atom. The predicted molar refractivity (Wildman–Crippen MR) is 56.4 cm³/mol. The molecule has 0 saturated carbocycles. The number of nitrogens with zero attached hydrogens (tertiary/aromatic N) is 3. The number of hydrogen-bond acceptors (Lipinski definition) is 5. The van der Waals surface area contributed by atoms with Gasteiger partial charge in [0.1, 0.15) is 5.01 Å². The van der Waals surface area contributed by atoms with E-state index in [1.54, 1.807) is 7.05 Å². The van der Waals surface area contributed by atoms with Gasteiger partial charge in [0.15, 0.2) is 0 Å². The lowest BCUT2D eigenvalue weighted by molar-refractivity contribution is 0.0974. The average molecular weight is 236 g/mol. The van der Waals surface area contributed by atoms with Crippen LogP contribution >= 0.6 is 11.3 Å². The molecule has 15 heavy (non-hydrogen) atoms. The molecule has 4 nitrogen and oxygen atoms in total. The van der Waals surface area contributed by atoms with Gasteiger partial charge in [-0.05, 0) is 14.0 Å². The Bertz CT molecular complexity index is 292. The van der Waals surface area contributed by atoms with E-state index in [-0.39, 0.29) is 6.54 Å². The summed E-state index contributed by atoms with van der Waals surface area (Å²) in [6.45, 7) is 2.91. The summed E-state index contributed by atoms with van der Waals surface area (Å²) in [5.74, 6) is 0. The Kier molecular flexibility index (Phi) is 4.83. The summed E-state index contributed by atoms with van der Waals surface area (Å²) in [5.41, 5.74) is 0. The maximum atomic E-state index is 12.0. The van der Waals surface area contributed by atoms with Crippen molar-refractivity contribution < 1.29 is 8.78 Å². The number of hydrogen-bond donors (Lipinski definition) is 1. The first-order valence-corrected chi connectivity index (χ1v) is 5.46. The number of aromatic nitrogens is 2. The van der Waals surface area contributed by atoms with Crippen molar-refractivity contribution in [1.29, 1.82) is 0 Å². The quantitative estimate of drug-likeness (QED) is 0.815. The molecule has 1 N–H and O–H groups in total. The van der Waals surface area contributed by atoms with Gasteiger partial charge >= 0.3 is 0 Å². The molecule has 0 aliphatic rings. The maximum Gasteiger partial charge on any atom is 0.251 e. The van der Waals surface area contributed by atoms with Crippen molar-refractivity contribution in [3.05, 3.63) is 5.01 Å². The molecule has 7 heteroatoms. The van der Waals surface area contributed by atoms with Gasteiger partial charge in [-0.3, -0.25) is 4.90 Å². The predicted octanol–water partition coefficient (Wildman–Crippen LogP) is 1.67. The highest BCUT2D eigenvalue weighted by Crippen LogP contribution is 2.16. The van der Waals surface area contributed by atoms with Gasteiger partial charge in [0.2, 0.25) is 5.13 Å². The first kappa shape index (κ1) is 12.3. The van der Waals surface area contributed by atoms with Gasteiger partial charge in [0.25, 0.3) is 6.43 Å². The van der Waals surface area contributed by atoms with E-state index in [1.807, 2.05) is 6.92 Å². The van der Waals surface area contributed by atoms with E-state index in [1.165, 1.54) is 16.2 Å². The number of alkyl halides is 2. The zero-order valence-electron chi connectivity index (χ0n) is 8.70.